The van der Waals surface area contributed by atoms with E-state index in [0.717, 1.165) is 5.52 Å². The van der Waals surface area contributed by atoms with Crippen LogP contribution in [0.15, 0.2) is 30.3 Å². The molecular weight excluding hydrogens is 239 g/mol. The minimum Gasteiger partial charge on any atom is -0.326 e. The van der Waals surface area contributed by atoms with Gasteiger partial charge in [0, 0.05) is 30.6 Å². The number of benzene rings is 1. The predicted octanol–water partition coefficient (Wildman–Crippen LogP) is 1.38. The molecule has 0 fully saturated rings. The molecule has 2 rings (SSSR count). The highest BCUT2D eigenvalue weighted by molar-refractivity contribution is 7.32. The van der Waals surface area contributed by atoms with Gasteiger partial charge in [0.2, 0.25) is 5.69 Å². The second-order valence-electron chi connectivity index (χ2n) is 3.44. The molecule has 0 aliphatic carbocycles. The van der Waals surface area contributed by atoms with Gasteiger partial charge in [-0.1, -0.05) is 22.9 Å². The van der Waals surface area contributed by atoms with Crippen LogP contribution in [0.3, 0.4) is 0 Å². The summed E-state index contributed by atoms with van der Waals surface area (Å²) in [6, 6.07) is 10.3. The van der Waals surface area contributed by atoms with Crippen molar-refractivity contribution in [2.75, 3.05) is 7.11 Å². The van der Waals surface area contributed by atoms with E-state index in [1.54, 1.807) is 0 Å². The van der Waals surface area contributed by atoms with E-state index < -0.39 is 8.25 Å². The Balaban J connectivity index is 0.000000249. The molecule has 1 heterocycles. The maximum Gasteiger partial charge on any atom is 0.316 e. The molecule has 1 aromatic carbocycles. The van der Waals surface area contributed by atoms with Gasteiger partial charge in [0.1, 0.15) is 5.52 Å². The first-order valence-electron chi connectivity index (χ1n) is 5.04. The quantitative estimate of drug-likeness (QED) is 0.617. The van der Waals surface area contributed by atoms with Crippen molar-refractivity contribution in [1.82, 2.24) is 5.10 Å². The van der Waals surface area contributed by atoms with Crippen LogP contribution < -0.4 is 4.68 Å². The zero-order valence-electron chi connectivity index (χ0n) is 10.0. The Morgan fingerprint density at radius 3 is 2.59 bits per heavy atom. The number of fused-ring (bicyclic) bond motifs is 1. The summed E-state index contributed by atoms with van der Waals surface area (Å²) < 4.78 is 15.1. The highest BCUT2D eigenvalue weighted by Gasteiger charge is 2.03. The van der Waals surface area contributed by atoms with Crippen LogP contribution in [0.2, 0.25) is 0 Å². The molecule has 0 aliphatic rings. The molecule has 0 amide bonds. The van der Waals surface area contributed by atoms with Crippen LogP contribution in [0.1, 0.15) is 5.69 Å². The maximum atomic E-state index is 9.33. The van der Waals surface area contributed by atoms with Crippen LogP contribution in [0, 0.1) is 6.92 Å². The second-order valence-corrected chi connectivity index (χ2v) is 4.38. The monoisotopic (exact) mass is 255 g/mol. The number of rotatable bonds is 1. The summed E-state index contributed by atoms with van der Waals surface area (Å²) in [5.74, 6) is 0. The Morgan fingerprint density at radius 2 is 2.00 bits per heavy atom. The number of aryl methyl sites for hydroxylation is 2. The second kappa shape index (κ2) is 6.45. The van der Waals surface area contributed by atoms with E-state index in [0.29, 0.717) is 0 Å². The van der Waals surface area contributed by atoms with Crippen molar-refractivity contribution in [3.63, 3.8) is 0 Å². The molecule has 0 saturated carbocycles. The molecule has 92 valence electrons. The third-order valence-corrected chi connectivity index (χ3v) is 2.59. The van der Waals surface area contributed by atoms with Crippen molar-refractivity contribution in [3.05, 3.63) is 36.0 Å². The highest BCUT2D eigenvalue weighted by atomic mass is 31.1. The maximum absolute atomic E-state index is 9.33. The fourth-order valence-electron chi connectivity index (χ4n) is 1.26. The summed E-state index contributed by atoms with van der Waals surface area (Å²) in [5, 5.41) is 5.59. The lowest BCUT2D eigenvalue weighted by atomic mass is 10.2. The van der Waals surface area contributed by atoms with E-state index in [9.17, 15) is 4.57 Å². The van der Waals surface area contributed by atoms with E-state index in [1.165, 1.54) is 18.2 Å². The van der Waals surface area contributed by atoms with Gasteiger partial charge in [-0.05, 0) is 6.07 Å². The minimum atomic E-state index is -2.62. The summed E-state index contributed by atoms with van der Waals surface area (Å²) in [5.41, 5.74) is 2.22. The average Bonchev–Trinajstić information content (AvgIpc) is 2.31. The third kappa shape index (κ3) is 4.23. The van der Waals surface area contributed by atoms with E-state index in [1.807, 2.05) is 29.9 Å². The Hall–Kier alpha value is -1.29. The lowest BCUT2D eigenvalue weighted by Gasteiger charge is -1.94. The van der Waals surface area contributed by atoms with Crippen LogP contribution in [0.4, 0.5) is 0 Å². The van der Waals surface area contributed by atoms with Crippen LogP contribution in [0.25, 0.3) is 10.9 Å². The zero-order valence-corrected chi connectivity index (χ0v) is 11.0. The molecule has 0 saturated heterocycles. The number of hydrogen-bond acceptors (Lipinski definition) is 3. The number of hydrogen-bond donors (Lipinski definition) is 1. The lowest BCUT2D eigenvalue weighted by molar-refractivity contribution is -0.734. The molecule has 0 aliphatic heterocycles. The van der Waals surface area contributed by atoms with Crippen molar-refractivity contribution in [2.24, 2.45) is 7.05 Å². The molecule has 1 N–H and O–H groups in total. The summed E-state index contributed by atoms with van der Waals surface area (Å²) in [6.07, 6.45) is 0. The van der Waals surface area contributed by atoms with Gasteiger partial charge in [-0.15, -0.1) is 0 Å². The number of aromatic nitrogens is 2. The summed E-state index contributed by atoms with van der Waals surface area (Å²) in [6.45, 7) is 2.06. The predicted molar refractivity (Wildman–Crippen MR) is 65.9 cm³/mol. The van der Waals surface area contributed by atoms with Gasteiger partial charge in [0.25, 0.3) is 0 Å². The largest absolute Gasteiger partial charge is 0.326 e. The molecule has 0 radical (unpaired) electrons. The van der Waals surface area contributed by atoms with Crippen molar-refractivity contribution >= 4 is 19.2 Å². The van der Waals surface area contributed by atoms with Crippen LogP contribution in [0.5, 0.6) is 0 Å². The van der Waals surface area contributed by atoms with Gasteiger partial charge in [-0.3, -0.25) is 4.57 Å². The SMILES string of the molecule is CO[PH](=O)O.Cc1cc2ccccc2n[n+]1C. The summed E-state index contributed by atoms with van der Waals surface area (Å²) in [7, 11) is 0.518. The smallest absolute Gasteiger partial charge is 0.316 e. The molecule has 0 bridgehead atoms. The molecule has 1 aromatic heterocycles. The van der Waals surface area contributed by atoms with Gasteiger partial charge in [-0.25, -0.2) is 0 Å². The molecule has 17 heavy (non-hydrogen) atoms. The van der Waals surface area contributed by atoms with E-state index in [4.69, 9.17) is 4.89 Å². The van der Waals surface area contributed by atoms with Crippen molar-refractivity contribution in [1.29, 1.82) is 0 Å². The standard InChI is InChI=1S/C10H11N2.CH5O3P/c1-8-7-9-5-3-4-6-10(9)11-12(8)2;1-4-5(2)3/h3-7H,1-2H3;5H,1H3,(H,2,3)/q+1;. The average molecular weight is 255 g/mol. The van der Waals surface area contributed by atoms with Crippen molar-refractivity contribution in [3.8, 4) is 0 Å². The molecular formula is C11H16N2O3P+. The molecule has 0 spiro atoms. The van der Waals surface area contributed by atoms with E-state index in [2.05, 4.69) is 28.7 Å². The molecule has 1 unspecified atom stereocenters. The van der Waals surface area contributed by atoms with Gasteiger partial charge < -0.3 is 9.42 Å². The van der Waals surface area contributed by atoms with E-state index in [-0.39, 0.29) is 0 Å². The minimum absolute atomic E-state index is 1.05. The first-order chi connectivity index (χ1) is 8.04. The van der Waals surface area contributed by atoms with Gasteiger partial charge in [0.15, 0.2) is 7.05 Å². The van der Waals surface area contributed by atoms with Crippen LogP contribution >= 0.6 is 8.25 Å². The Morgan fingerprint density at radius 1 is 1.41 bits per heavy atom. The fourth-order valence-corrected chi connectivity index (χ4v) is 1.26. The lowest BCUT2D eigenvalue weighted by Crippen LogP contribution is -2.36. The Labute approximate surface area is 101 Å². The Kier molecular flexibility index (Phi) is 5.22. The molecule has 5 nitrogen and oxygen atoms in total. The van der Waals surface area contributed by atoms with Crippen LogP contribution in [-0.4, -0.2) is 17.1 Å². The molecule has 1 atom stereocenters. The van der Waals surface area contributed by atoms with Crippen molar-refractivity contribution < 1.29 is 18.7 Å². The van der Waals surface area contributed by atoms with Crippen LogP contribution in [-0.2, 0) is 16.1 Å². The first kappa shape index (κ1) is 13.8. The van der Waals surface area contributed by atoms with Gasteiger partial charge in [-0.2, -0.15) is 0 Å². The van der Waals surface area contributed by atoms with Gasteiger partial charge >= 0.3 is 8.25 Å². The zero-order chi connectivity index (χ0) is 12.8. The summed E-state index contributed by atoms with van der Waals surface area (Å²) >= 11 is 0. The molecule has 2 aromatic rings. The Bertz CT molecular complexity index is 491. The summed E-state index contributed by atoms with van der Waals surface area (Å²) in [4.78, 5) is 7.69. The normalized spacial score (nSPS) is 11.8. The fraction of sp³-hybridized carbons (Fsp3) is 0.273. The third-order valence-electron chi connectivity index (χ3n) is 2.24. The first-order valence-corrected chi connectivity index (χ1v) is 6.30. The molecule has 6 heteroatoms. The topological polar surface area (TPSA) is 63.3 Å². The van der Waals surface area contributed by atoms with E-state index >= 15 is 0 Å². The van der Waals surface area contributed by atoms with Crippen molar-refractivity contribution in [2.45, 2.75) is 6.92 Å². The number of nitrogens with zero attached hydrogens (tertiary/aromatic N) is 2. The van der Waals surface area contributed by atoms with Gasteiger partial charge in [0.05, 0.1) is 0 Å². The highest BCUT2D eigenvalue weighted by Crippen LogP contribution is 2.09.